The van der Waals surface area contributed by atoms with Gasteiger partial charge >= 0.3 is 5.97 Å². The van der Waals surface area contributed by atoms with Crippen LogP contribution in [0.5, 0.6) is 0 Å². The number of halogens is 1. The smallest absolute Gasteiger partial charge is 0.323 e. The lowest BCUT2D eigenvalue weighted by Gasteiger charge is -2.43. The second kappa shape index (κ2) is 6.74. The largest absolute Gasteiger partial charge is 0.480 e. The highest BCUT2D eigenvalue weighted by atomic mass is 32.2. The van der Waals surface area contributed by atoms with Crippen LogP contribution in [0.3, 0.4) is 0 Å². The lowest BCUT2D eigenvalue weighted by Crippen LogP contribution is -2.53. The van der Waals surface area contributed by atoms with Crippen molar-refractivity contribution in [3.05, 3.63) is 40.6 Å². The van der Waals surface area contributed by atoms with Crippen LogP contribution in [-0.2, 0) is 9.59 Å². The molecule has 0 spiro atoms. The predicted molar refractivity (Wildman–Crippen MR) is 87.4 cm³/mol. The molecule has 1 aliphatic carbocycles. The van der Waals surface area contributed by atoms with E-state index in [4.69, 9.17) is 5.11 Å². The Balaban J connectivity index is 1.93. The van der Waals surface area contributed by atoms with Crippen LogP contribution in [0, 0.1) is 5.82 Å². The monoisotopic (exact) mass is 335 g/mol. The average Bonchev–Trinajstić information content (AvgIpc) is 2.53. The zero-order valence-corrected chi connectivity index (χ0v) is 13.4. The molecule has 0 radical (unpaired) electrons. The van der Waals surface area contributed by atoms with Crippen molar-refractivity contribution in [3.63, 3.8) is 0 Å². The number of thioether (sulfide) groups is 1. The van der Waals surface area contributed by atoms with Crippen LogP contribution in [0.15, 0.2) is 29.2 Å². The van der Waals surface area contributed by atoms with Gasteiger partial charge in [-0.2, -0.15) is 0 Å². The summed E-state index contributed by atoms with van der Waals surface area (Å²) in [5.41, 5.74) is 0.355. The Bertz CT molecular complexity index is 661. The summed E-state index contributed by atoms with van der Waals surface area (Å²) in [6.45, 7) is -0.296. The van der Waals surface area contributed by atoms with E-state index in [2.05, 4.69) is 0 Å². The number of carboxylic acids is 1. The van der Waals surface area contributed by atoms with Crippen LogP contribution in [-0.4, -0.2) is 39.7 Å². The number of hydrogen-bond acceptors (Lipinski definition) is 3. The number of hydrogen-bond donors (Lipinski definition) is 1. The number of carbonyl (C=O) groups excluding carboxylic acids is 1. The molecule has 122 valence electrons. The van der Waals surface area contributed by atoms with Gasteiger partial charge in [0.05, 0.1) is 4.91 Å². The lowest BCUT2D eigenvalue weighted by atomic mass is 9.93. The van der Waals surface area contributed by atoms with Crippen molar-refractivity contribution >= 4 is 29.7 Å². The van der Waals surface area contributed by atoms with Gasteiger partial charge in [0.15, 0.2) is 0 Å². The Morgan fingerprint density at radius 1 is 1.35 bits per heavy atom. The number of amides is 1. The number of aliphatic carboxylic acids is 1. The first-order chi connectivity index (χ1) is 11.1. The Hall–Kier alpha value is -1.82. The molecule has 23 heavy (non-hydrogen) atoms. The first kappa shape index (κ1) is 16.1. The third kappa shape index (κ3) is 3.42. The van der Waals surface area contributed by atoms with Crippen molar-refractivity contribution in [2.75, 3.05) is 6.54 Å². The van der Waals surface area contributed by atoms with Crippen LogP contribution >= 0.6 is 11.8 Å². The highest BCUT2D eigenvalue weighted by Crippen LogP contribution is 2.42. The van der Waals surface area contributed by atoms with Crippen LogP contribution in [0.2, 0.25) is 0 Å². The number of fused-ring (bicyclic) bond motifs is 1. The van der Waals surface area contributed by atoms with Crippen molar-refractivity contribution in [1.29, 1.82) is 0 Å². The zero-order valence-electron chi connectivity index (χ0n) is 12.6. The molecule has 3 rings (SSSR count). The van der Waals surface area contributed by atoms with E-state index in [1.54, 1.807) is 24.3 Å². The summed E-state index contributed by atoms with van der Waals surface area (Å²) in [5.74, 6) is -1.70. The van der Waals surface area contributed by atoms with Gasteiger partial charge in [0.25, 0.3) is 5.91 Å². The normalized spacial score (nSPS) is 26.2. The fourth-order valence-electron chi connectivity index (χ4n) is 3.24. The number of rotatable bonds is 3. The van der Waals surface area contributed by atoms with Crippen molar-refractivity contribution in [2.24, 2.45) is 0 Å². The van der Waals surface area contributed by atoms with E-state index in [0.717, 1.165) is 25.7 Å². The predicted octanol–water partition coefficient (Wildman–Crippen LogP) is 3.14. The van der Waals surface area contributed by atoms with E-state index in [0.29, 0.717) is 10.5 Å². The molecular weight excluding hydrogens is 317 g/mol. The SMILES string of the molecule is O=C(O)CN1C(=O)/C(=C/c2ccccc2F)SC2CCCCC21. The first-order valence-corrected chi connectivity index (χ1v) is 8.60. The fraction of sp³-hybridized carbons (Fsp3) is 0.412. The standard InChI is InChI=1S/C17H18FNO3S/c18-12-6-2-1-5-11(12)9-15-17(22)19(10-16(20)21)13-7-3-4-8-14(13)23-15/h1-2,5-6,9,13-14H,3-4,7-8,10H2,(H,20,21)/b15-9-. The Morgan fingerprint density at radius 2 is 2.09 bits per heavy atom. The molecule has 1 saturated carbocycles. The topological polar surface area (TPSA) is 57.6 Å². The number of carboxylic acid groups (broad SMARTS) is 1. The van der Waals surface area contributed by atoms with Crippen LogP contribution < -0.4 is 0 Å². The molecule has 1 saturated heterocycles. The molecule has 2 atom stereocenters. The molecule has 2 fully saturated rings. The summed E-state index contributed by atoms with van der Waals surface area (Å²) >= 11 is 1.47. The van der Waals surface area contributed by atoms with Crippen molar-refractivity contribution in [2.45, 2.75) is 37.0 Å². The number of benzene rings is 1. The molecule has 0 bridgehead atoms. The van der Waals surface area contributed by atoms with Crippen LogP contribution in [0.1, 0.15) is 31.2 Å². The van der Waals surface area contributed by atoms with Gasteiger partial charge < -0.3 is 10.0 Å². The lowest BCUT2D eigenvalue weighted by molar-refractivity contribution is -0.144. The Morgan fingerprint density at radius 3 is 2.83 bits per heavy atom. The maximum absolute atomic E-state index is 13.8. The molecule has 2 aliphatic rings. The van der Waals surface area contributed by atoms with E-state index in [9.17, 15) is 14.0 Å². The van der Waals surface area contributed by atoms with Gasteiger partial charge in [0.1, 0.15) is 12.4 Å². The molecule has 4 nitrogen and oxygen atoms in total. The van der Waals surface area contributed by atoms with Crippen molar-refractivity contribution in [3.8, 4) is 0 Å². The molecule has 1 aromatic carbocycles. The third-order valence-electron chi connectivity index (χ3n) is 4.32. The summed E-state index contributed by atoms with van der Waals surface area (Å²) < 4.78 is 13.8. The second-order valence-corrected chi connectivity index (χ2v) is 7.15. The van der Waals surface area contributed by atoms with E-state index in [1.807, 2.05) is 0 Å². The van der Waals surface area contributed by atoms with Crippen LogP contribution in [0.25, 0.3) is 6.08 Å². The summed E-state index contributed by atoms with van der Waals surface area (Å²) in [7, 11) is 0. The van der Waals surface area contributed by atoms with Gasteiger partial charge in [-0.05, 0) is 25.0 Å². The number of carbonyl (C=O) groups is 2. The summed E-state index contributed by atoms with van der Waals surface area (Å²) in [6.07, 6.45) is 5.42. The van der Waals surface area contributed by atoms with E-state index in [1.165, 1.54) is 22.7 Å². The summed E-state index contributed by atoms with van der Waals surface area (Å²) in [6, 6.07) is 6.25. The third-order valence-corrected chi connectivity index (χ3v) is 5.71. The van der Waals surface area contributed by atoms with Crippen molar-refractivity contribution in [1.82, 2.24) is 4.90 Å². The Kier molecular flexibility index (Phi) is 4.71. The average molecular weight is 335 g/mol. The molecule has 1 N–H and O–H groups in total. The maximum Gasteiger partial charge on any atom is 0.323 e. The van der Waals surface area contributed by atoms with Gasteiger partial charge in [-0.3, -0.25) is 9.59 Å². The minimum Gasteiger partial charge on any atom is -0.480 e. The quantitative estimate of drug-likeness (QED) is 0.862. The van der Waals surface area contributed by atoms with Gasteiger partial charge in [0, 0.05) is 16.9 Å². The summed E-state index contributed by atoms with van der Waals surface area (Å²) in [5, 5.41) is 9.31. The highest BCUT2D eigenvalue weighted by molar-refractivity contribution is 8.04. The molecule has 1 heterocycles. The molecule has 1 aromatic rings. The molecule has 0 aromatic heterocycles. The van der Waals surface area contributed by atoms with Gasteiger partial charge in [-0.15, -0.1) is 11.8 Å². The van der Waals surface area contributed by atoms with Gasteiger partial charge in [-0.25, -0.2) is 4.39 Å². The zero-order chi connectivity index (χ0) is 16.4. The first-order valence-electron chi connectivity index (χ1n) is 7.72. The van der Waals surface area contributed by atoms with E-state index >= 15 is 0 Å². The maximum atomic E-state index is 13.8. The van der Waals surface area contributed by atoms with Crippen molar-refractivity contribution < 1.29 is 19.1 Å². The van der Waals surface area contributed by atoms with Crippen LogP contribution in [0.4, 0.5) is 4.39 Å². The highest BCUT2D eigenvalue weighted by Gasteiger charge is 2.41. The van der Waals surface area contributed by atoms with Gasteiger partial charge in [0.2, 0.25) is 0 Å². The van der Waals surface area contributed by atoms with E-state index < -0.39 is 5.97 Å². The molecule has 1 amide bonds. The molecular formula is C17H18FNO3S. The fourth-order valence-corrected chi connectivity index (χ4v) is 4.70. The Labute approximate surface area is 138 Å². The number of nitrogens with zero attached hydrogens (tertiary/aromatic N) is 1. The molecule has 2 unspecified atom stereocenters. The molecule has 6 heteroatoms. The van der Waals surface area contributed by atoms with E-state index in [-0.39, 0.29) is 29.6 Å². The second-order valence-electron chi connectivity index (χ2n) is 5.87. The molecule has 1 aliphatic heterocycles. The minimum atomic E-state index is -1.01. The van der Waals surface area contributed by atoms with Gasteiger partial charge in [-0.1, -0.05) is 31.0 Å². The summed E-state index contributed by atoms with van der Waals surface area (Å²) in [4.78, 5) is 25.7. The minimum absolute atomic E-state index is 0.0323.